The fraction of sp³-hybridized carbons (Fsp3) is 0.250. The van der Waals surface area contributed by atoms with Crippen molar-refractivity contribution in [2.75, 3.05) is 7.05 Å². The van der Waals surface area contributed by atoms with E-state index in [2.05, 4.69) is 16.6 Å². The minimum atomic E-state index is -3.36. The summed E-state index contributed by atoms with van der Waals surface area (Å²) in [5.41, 5.74) is 2.00. The van der Waals surface area contributed by atoms with Crippen molar-refractivity contribution in [3.63, 3.8) is 0 Å². The first kappa shape index (κ1) is 13.2. The number of rotatable bonds is 4. The SMILES string of the molecule is CCc1csc(-c2ccc(S(=O)(=O)NC)cc2)n1. The Balaban J connectivity index is 2.33. The molecule has 0 aliphatic rings. The second-order valence-electron chi connectivity index (χ2n) is 3.73. The second-order valence-corrected chi connectivity index (χ2v) is 6.47. The largest absolute Gasteiger partial charge is 0.241 e. The molecule has 0 atom stereocenters. The minimum absolute atomic E-state index is 0.265. The monoisotopic (exact) mass is 282 g/mol. The summed E-state index contributed by atoms with van der Waals surface area (Å²) in [7, 11) is -1.96. The maximum absolute atomic E-state index is 11.6. The average molecular weight is 282 g/mol. The fourth-order valence-corrected chi connectivity index (χ4v) is 3.14. The third-order valence-electron chi connectivity index (χ3n) is 2.59. The van der Waals surface area contributed by atoms with Gasteiger partial charge in [0.2, 0.25) is 10.0 Å². The molecule has 1 N–H and O–H groups in total. The number of thiazole rings is 1. The molecule has 1 aromatic heterocycles. The minimum Gasteiger partial charge on any atom is -0.241 e. The Bertz CT molecular complexity index is 630. The van der Waals surface area contributed by atoms with Crippen molar-refractivity contribution in [3.8, 4) is 10.6 Å². The van der Waals surface area contributed by atoms with Crippen molar-refractivity contribution < 1.29 is 8.42 Å². The lowest BCUT2D eigenvalue weighted by molar-refractivity contribution is 0.588. The van der Waals surface area contributed by atoms with Crippen LogP contribution in [0.1, 0.15) is 12.6 Å². The molecule has 2 aromatic rings. The maximum Gasteiger partial charge on any atom is 0.240 e. The van der Waals surface area contributed by atoms with Gasteiger partial charge >= 0.3 is 0 Å². The van der Waals surface area contributed by atoms with Gasteiger partial charge in [-0.3, -0.25) is 0 Å². The average Bonchev–Trinajstić information content (AvgIpc) is 2.87. The van der Waals surface area contributed by atoms with E-state index in [1.54, 1.807) is 35.6 Å². The number of hydrogen-bond donors (Lipinski definition) is 1. The molecule has 0 fully saturated rings. The zero-order chi connectivity index (χ0) is 13.2. The van der Waals surface area contributed by atoms with Crippen LogP contribution in [-0.2, 0) is 16.4 Å². The van der Waals surface area contributed by atoms with E-state index in [0.717, 1.165) is 22.7 Å². The molecule has 0 bridgehead atoms. The summed E-state index contributed by atoms with van der Waals surface area (Å²) in [5, 5.41) is 2.94. The van der Waals surface area contributed by atoms with E-state index in [-0.39, 0.29) is 4.90 Å². The molecular weight excluding hydrogens is 268 g/mol. The van der Waals surface area contributed by atoms with Crippen molar-refractivity contribution >= 4 is 21.4 Å². The van der Waals surface area contributed by atoms with Crippen molar-refractivity contribution in [2.24, 2.45) is 0 Å². The van der Waals surface area contributed by atoms with Gasteiger partial charge in [-0.05, 0) is 25.6 Å². The maximum atomic E-state index is 11.6. The van der Waals surface area contributed by atoms with Crippen LogP contribution in [-0.4, -0.2) is 20.4 Å². The van der Waals surface area contributed by atoms with Crippen LogP contribution in [0.15, 0.2) is 34.5 Å². The van der Waals surface area contributed by atoms with Crippen LogP contribution in [0.25, 0.3) is 10.6 Å². The molecule has 0 amide bonds. The molecule has 0 saturated carbocycles. The number of nitrogens with one attached hydrogen (secondary N) is 1. The number of benzene rings is 1. The topological polar surface area (TPSA) is 59.1 Å². The number of sulfonamides is 1. The highest BCUT2D eigenvalue weighted by molar-refractivity contribution is 7.89. The number of aromatic nitrogens is 1. The predicted octanol–water partition coefficient (Wildman–Crippen LogP) is 2.28. The number of nitrogens with zero attached hydrogens (tertiary/aromatic N) is 1. The Labute approximate surface area is 111 Å². The van der Waals surface area contributed by atoms with Gasteiger partial charge in [0.15, 0.2) is 0 Å². The first-order valence-electron chi connectivity index (χ1n) is 5.55. The molecule has 96 valence electrons. The van der Waals surface area contributed by atoms with Gasteiger partial charge in [0.1, 0.15) is 5.01 Å². The van der Waals surface area contributed by atoms with E-state index >= 15 is 0 Å². The third kappa shape index (κ3) is 2.60. The van der Waals surface area contributed by atoms with Crippen LogP contribution >= 0.6 is 11.3 Å². The lowest BCUT2D eigenvalue weighted by atomic mass is 10.2. The zero-order valence-corrected chi connectivity index (χ0v) is 11.8. The fourth-order valence-electron chi connectivity index (χ4n) is 1.50. The van der Waals surface area contributed by atoms with E-state index in [1.165, 1.54) is 7.05 Å². The number of aryl methyl sites for hydroxylation is 1. The summed E-state index contributed by atoms with van der Waals surface area (Å²) >= 11 is 1.57. The third-order valence-corrected chi connectivity index (χ3v) is 4.96. The normalized spacial score (nSPS) is 11.7. The van der Waals surface area contributed by atoms with Gasteiger partial charge in [-0.25, -0.2) is 18.1 Å². The van der Waals surface area contributed by atoms with Crippen LogP contribution < -0.4 is 4.72 Å². The first-order valence-corrected chi connectivity index (χ1v) is 7.91. The molecule has 1 heterocycles. The first-order chi connectivity index (χ1) is 8.56. The smallest absolute Gasteiger partial charge is 0.240 e. The number of hydrogen-bond acceptors (Lipinski definition) is 4. The van der Waals surface area contributed by atoms with Gasteiger partial charge in [-0.1, -0.05) is 19.1 Å². The van der Waals surface area contributed by atoms with Crippen molar-refractivity contribution in [3.05, 3.63) is 35.3 Å². The van der Waals surface area contributed by atoms with Gasteiger partial charge in [0.25, 0.3) is 0 Å². The van der Waals surface area contributed by atoms with Gasteiger partial charge in [0, 0.05) is 10.9 Å². The lowest BCUT2D eigenvalue weighted by Crippen LogP contribution is -2.18. The van der Waals surface area contributed by atoms with Crippen LogP contribution in [0, 0.1) is 0 Å². The van der Waals surface area contributed by atoms with E-state index in [9.17, 15) is 8.42 Å². The summed E-state index contributed by atoms with van der Waals surface area (Å²) in [4.78, 5) is 4.73. The highest BCUT2D eigenvalue weighted by Crippen LogP contribution is 2.25. The van der Waals surface area contributed by atoms with Gasteiger partial charge in [-0.2, -0.15) is 0 Å². The Kier molecular flexibility index (Phi) is 3.79. The molecule has 2 rings (SSSR count). The van der Waals surface area contributed by atoms with E-state index < -0.39 is 10.0 Å². The Hall–Kier alpha value is -1.24. The van der Waals surface area contributed by atoms with Gasteiger partial charge < -0.3 is 0 Å². The molecule has 18 heavy (non-hydrogen) atoms. The summed E-state index contributed by atoms with van der Waals surface area (Å²) in [5.74, 6) is 0. The highest BCUT2D eigenvalue weighted by Gasteiger charge is 2.11. The molecule has 6 heteroatoms. The standard InChI is InChI=1S/C12H14N2O2S2/c1-3-10-8-17-12(14-10)9-4-6-11(7-5-9)18(15,16)13-2/h4-8,13H,3H2,1-2H3. The van der Waals surface area contributed by atoms with Crippen LogP contribution in [0.3, 0.4) is 0 Å². The molecule has 1 aromatic carbocycles. The summed E-state index contributed by atoms with van der Waals surface area (Å²) < 4.78 is 25.4. The van der Waals surface area contributed by atoms with E-state index in [4.69, 9.17) is 0 Å². The van der Waals surface area contributed by atoms with Crippen LogP contribution in [0.5, 0.6) is 0 Å². The Morgan fingerprint density at radius 3 is 2.44 bits per heavy atom. The van der Waals surface area contributed by atoms with Crippen molar-refractivity contribution in [2.45, 2.75) is 18.2 Å². The quantitative estimate of drug-likeness (QED) is 0.936. The van der Waals surface area contributed by atoms with Crippen molar-refractivity contribution in [1.82, 2.24) is 9.71 Å². The molecule has 0 spiro atoms. The molecular formula is C12H14N2O2S2. The highest BCUT2D eigenvalue weighted by atomic mass is 32.2. The van der Waals surface area contributed by atoms with E-state index in [0.29, 0.717) is 0 Å². The summed E-state index contributed by atoms with van der Waals surface area (Å²) in [6, 6.07) is 6.74. The predicted molar refractivity (Wildman–Crippen MR) is 73.2 cm³/mol. The molecule has 0 aliphatic heterocycles. The summed E-state index contributed by atoms with van der Waals surface area (Å²) in [6.07, 6.45) is 0.905. The van der Waals surface area contributed by atoms with Crippen LogP contribution in [0.4, 0.5) is 0 Å². The van der Waals surface area contributed by atoms with E-state index in [1.807, 2.05) is 5.38 Å². The van der Waals surface area contributed by atoms with Gasteiger partial charge in [-0.15, -0.1) is 11.3 Å². The molecule has 0 radical (unpaired) electrons. The van der Waals surface area contributed by atoms with Crippen LogP contribution in [0.2, 0.25) is 0 Å². The zero-order valence-electron chi connectivity index (χ0n) is 10.2. The Morgan fingerprint density at radius 1 is 1.28 bits per heavy atom. The molecule has 0 unspecified atom stereocenters. The molecule has 0 saturated heterocycles. The Morgan fingerprint density at radius 2 is 1.94 bits per heavy atom. The molecule has 4 nitrogen and oxygen atoms in total. The summed E-state index contributed by atoms with van der Waals surface area (Å²) in [6.45, 7) is 2.06. The van der Waals surface area contributed by atoms with Gasteiger partial charge in [0.05, 0.1) is 10.6 Å². The molecule has 0 aliphatic carbocycles. The lowest BCUT2D eigenvalue weighted by Gasteiger charge is -2.02. The van der Waals surface area contributed by atoms with Crippen molar-refractivity contribution in [1.29, 1.82) is 0 Å². The second kappa shape index (κ2) is 5.17.